The lowest BCUT2D eigenvalue weighted by atomic mass is 10.1. The third kappa shape index (κ3) is 4.47. The second kappa shape index (κ2) is 8.33. The van der Waals surface area contributed by atoms with Gasteiger partial charge in [0.15, 0.2) is 0 Å². The Morgan fingerprint density at radius 3 is 2.54 bits per heavy atom. The Morgan fingerprint density at radius 2 is 1.92 bits per heavy atom. The van der Waals surface area contributed by atoms with E-state index in [0.717, 1.165) is 5.75 Å². The van der Waals surface area contributed by atoms with Crippen LogP contribution in [0.1, 0.15) is 13.3 Å². The molecule has 2 rings (SSSR count). The minimum absolute atomic E-state index is 0.0805. The molecule has 1 N–H and O–H groups in total. The van der Waals surface area contributed by atoms with Gasteiger partial charge in [0.05, 0.1) is 19.6 Å². The van der Waals surface area contributed by atoms with Gasteiger partial charge in [-0.3, -0.25) is 14.4 Å². The Kier molecular flexibility index (Phi) is 6.17. The molecule has 1 aromatic rings. The van der Waals surface area contributed by atoms with Crippen LogP contribution in [0.5, 0.6) is 5.75 Å². The van der Waals surface area contributed by atoms with E-state index in [0.29, 0.717) is 13.1 Å². The molecule has 0 saturated carbocycles. The summed E-state index contributed by atoms with van der Waals surface area (Å²) in [6.07, 6.45) is 0.232. The molecule has 1 aromatic carbocycles. The van der Waals surface area contributed by atoms with Crippen LogP contribution in [0.15, 0.2) is 30.3 Å². The van der Waals surface area contributed by atoms with E-state index in [1.54, 1.807) is 4.90 Å². The van der Waals surface area contributed by atoms with Crippen LogP contribution in [0.25, 0.3) is 0 Å². The monoisotopic (exact) mass is 333 g/mol. The molecule has 0 radical (unpaired) electrons. The first-order chi connectivity index (χ1) is 11.5. The lowest BCUT2D eigenvalue weighted by Crippen LogP contribution is -2.60. The number of benzene rings is 1. The molecule has 1 fully saturated rings. The maximum Gasteiger partial charge on any atom is 0.244 e. The lowest BCUT2D eigenvalue weighted by Gasteiger charge is -2.40. The number of amides is 3. The number of hydrogen-bond donors (Lipinski definition) is 1. The van der Waals surface area contributed by atoms with Gasteiger partial charge in [-0.2, -0.15) is 0 Å². The van der Waals surface area contributed by atoms with Crippen LogP contribution in [0.4, 0.5) is 0 Å². The van der Waals surface area contributed by atoms with Gasteiger partial charge in [0.25, 0.3) is 0 Å². The molecule has 1 unspecified atom stereocenters. The largest absolute Gasteiger partial charge is 0.493 e. The van der Waals surface area contributed by atoms with E-state index in [1.165, 1.54) is 18.9 Å². The van der Waals surface area contributed by atoms with E-state index in [2.05, 4.69) is 5.32 Å². The van der Waals surface area contributed by atoms with Crippen molar-refractivity contribution in [2.45, 2.75) is 19.4 Å². The normalized spacial score (nSPS) is 17.3. The fourth-order valence-electron chi connectivity index (χ4n) is 2.71. The molecule has 1 aliphatic heterocycles. The van der Waals surface area contributed by atoms with Gasteiger partial charge in [-0.15, -0.1) is 0 Å². The fourth-order valence-corrected chi connectivity index (χ4v) is 2.71. The third-order valence-corrected chi connectivity index (χ3v) is 4.01. The number of carbonyl (C=O) groups excluding carboxylic acids is 3. The van der Waals surface area contributed by atoms with Crippen molar-refractivity contribution in [2.75, 3.05) is 33.3 Å². The highest BCUT2D eigenvalue weighted by atomic mass is 16.5. The zero-order valence-electron chi connectivity index (χ0n) is 14.0. The van der Waals surface area contributed by atoms with Crippen molar-refractivity contribution in [1.29, 1.82) is 0 Å². The standard InChI is InChI=1S/C17H23N3O4/c1-13(21)20-10-9-19(12-15(20)17(23)18-2)16(22)8-11-24-14-6-4-3-5-7-14/h3-7,15H,8-12H2,1-2H3,(H,18,23). The van der Waals surface area contributed by atoms with Crippen LogP contribution in [0.2, 0.25) is 0 Å². The molecule has 0 bridgehead atoms. The van der Waals surface area contributed by atoms with Gasteiger partial charge in [-0.05, 0) is 12.1 Å². The second-order valence-electron chi connectivity index (χ2n) is 5.59. The molecule has 1 heterocycles. The van der Waals surface area contributed by atoms with E-state index >= 15 is 0 Å². The number of ether oxygens (including phenoxy) is 1. The van der Waals surface area contributed by atoms with Crippen molar-refractivity contribution in [2.24, 2.45) is 0 Å². The molecule has 130 valence electrons. The van der Waals surface area contributed by atoms with Crippen LogP contribution in [0.3, 0.4) is 0 Å². The number of nitrogens with zero attached hydrogens (tertiary/aromatic N) is 2. The Labute approximate surface area is 141 Å². The number of piperazine rings is 1. The molecule has 1 aliphatic rings. The summed E-state index contributed by atoms with van der Waals surface area (Å²) < 4.78 is 5.53. The van der Waals surface area contributed by atoms with Gasteiger partial charge in [0, 0.05) is 27.1 Å². The fraction of sp³-hybridized carbons (Fsp3) is 0.471. The Bertz CT molecular complexity index is 591. The average Bonchev–Trinajstić information content (AvgIpc) is 2.61. The molecule has 1 saturated heterocycles. The van der Waals surface area contributed by atoms with Crippen molar-refractivity contribution in [3.63, 3.8) is 0 Å². The molecular weight excluding hydrogens is 310 g/mol. The van der Waals surface area contributed by atoms with Crippen molar-refractivity contribution < 1.29 is 19.1 Å². The molecule has 24 heavy (non-hydrogen) atoms. The van der Waals surface area contributed by atoms with Crippen molar-refractivity contribution >= 4 is 17.7 Å². The maximum atomic E-state index is 12.3. The molecular formula is C17H23N3O4. The lowest BCUT2D eigenvalue weighted by molar-refractivity contribution is -0.147. The predicted molar refractivity (Wildman–Crippen MR) is 88.4 cm³/mol. The zero-order chi connectivity index (χ0) is 17.5. The van der Waals surface area contributed by atoms with Crippen molar-refractivity contribution in [3.8, 4) is 5.75 Å². The van der Waals surface area contributed by atoms with E-state index < -0.39 is 6.04 Å². The maximum absolute atomic E-state index is 12.3. The summed E-state index contributed by atoms with van der Waals surface area (Å²) in [5.74, 6) is 0.212. The second-order valence-corrected chi connectivity index (χ2v) is 5.59. The van der Waals surface area contributed by atoms with Gasteiger partial charge in [-0.1, -0.05) is 18.2 Å². The Hall–Kier alpha value is -2.57. The summed E-state index contributed by atoms with van der Waals surface area (Å²) in [4.78, 5) is 39.1. The molecule has 7 nitrogen and oxygen atoms in total. The first-order valence-corrected chi connectivity index (χ1v) is 7.97. The van der Waals surface area contributed by atoms with Crippen LogP contribution in [-0.4, -0.2) is 66.9 Å². The number of likely N-dealkylation sites (N-methyl/N-ethyl adjacent to an activating group) is 1. The number of para-hydroxylation sites is 1. The van der Waals surface area contributed by atoms with Gasteiger partial charge in [0.2, 0.25) is 17.7 Å². The highest BCUT2D eigenvalue weighted by Gasteiger charge is 2.34. The predicted octanol–water partition coefficient (Wildman–Crippen LogP) is 0.261. The van der Waals surface area contributed by atoms with E-state index in [1.807, 2.05) is 30.3 Å². The highest BCUT2D eigenvalue weighted by Crippen LogP contribution is 2.13. The van der Waals surface area contributed by atoms with Crippen molar-refractivity contribution in [1.82, 2.24) is 15.1 Å². The molecule has 1 atom stereocenters. The molecule has 0 spiro atoms. The van der Waals surface area contributed by atoms with E-state index in [-0.39, 0.29) is 37.3 Å². The van der Waals surface area contributed by atoms with Crippen LogP contribution < -0.4 is 10.1 Å². The quantitative estimate of drug-likeness (QED) is 0.838. The van der Waals surface area contributed by atoms with Gasteiger partial charge in [0.1, 0.15) is 11.8 Å². The summed E-state index contributed by atoms with van der Waals surface area (Å²) in [6, 6.07) is 8.65. The van der Waals surface area contributed by atoms with Gasteiger partial charge in [-0.25, -0.2) is 0 Å². The minimum Gasteiger partial charge on any atom is -0.493 e. The van der Waals surface area contributed by atoms with Crippen LogP contribution in [-0.2, 0) is 14.4 Å². The first-order valence-electron chi connectivity index (χ1n) is 7.97. The molecule has 3 amide bonds. The molecule has 0 aliphatic carbocycles. The minimum atomic E-state index is -0.639. The molecule has 0 aromatic heterocycles. The number of rotatable bonds is 5. The summed E-state index contributed by atoms with van der Waals surface area (Å²) in [6.45, 7) is 2.71. The average molecular weight is 333 g/mol. The third-order valence-electron chi connectivity index (χ3n) is 4.01. The highest BCUT2D eigenvalue weighted by molar-refractivity contribution is 5.88. The summed E-state index contributed by atoms with van der Waals surface area (Å²) in [7, 11) is 1.52. The topological polar surface area (TPSA) is 79.0 Å². The summed E-state index contributed by atoms with van der Waals surface area (Å²) in [5.41, 5.74) is 0. The SMILES string of the molecule is CNC(=O)C1CN(C(=O)CCOc2ccccc2)CCN1C(C)=O. The smallest absolute Gasteiger partial charge is 0.244 e. The Morgan fingerprint density at radius 1 is 1.21 bits per heavy atom. The van der Waals surface area contributed by atoms with Gasteiger partial charge < -0.3 is 19.9 Å². The number of hydrogen-bond acceptors (Lipinski definition) is 4. The van der Waals surface area contributed by atoms with Crippen LogP contribution in [0, 0.1) is 0 Å². The van der Waals surface area contributed by atoms with Crippen molar-refractivity contribution in [3.05, 3.63) is 30.3 Å². The summed E-state index contributed by atoms with van der Waals surface area (Å²) >= 11 is 0. The van der Waals surface area contributed by atoms with E-state index in [4.69, 9.17) is 4.74 Å². The molecule has 7 heteroatoms. The zero-order valence-corrected chi connectivity index (χ0v) is 14.0. The first kappa shape index (κ1) is 17.8. The Balaban J connectivity index is 1.88. The van der Waals surface area contributed by atoms with Crippen LogP contribution >= 0.6 is 0 Å². The number of nitrogens with one attached hydrogen (secondary N) is 1. The van der Waals surface area contributed by atoms with E-state index in [9.17, 15) is 14.4 Å². The van der Waals surface area contributed by atoms with Gasteiger partial charge >= 0.3 is 0 Å². The summed E-state index contributed by atoms with van der Waals surface area (Å²) in [5, 5.41) is 2.55. The number of carbonyl (C=O) groups is 3.